The third-order valence-electron chi connectivity index (χ3n) is 8.23. The van der Waals surface area contributed by atoms with Gasteiger partial charge in [-0.3, -0.25) is 0 Å². The Balaban J connectivity index is 0.000000310. The Morgan fingerprint density at radius 2 is 0.788 bits per heavy atom. The molecule has 1 unspecified atom stereocenters. The predicted molar refractivity (Wildman–Crippen MR) is 219 cm³/mol. The summed E-state index contributed by atoms with van der Waals surface area (Å²) in [7, 11) is 2.68. The summed E-state index contributed by atoms with van der Waals surface area (Å²) in [5, 5.41) is 7.00. The van der Waals surface area contributed by atoms with E-state index in [9.17, 15) is 13.2 Å². The van der Waals surface area contributed by atoms with Gasteiger partial charge in [-0.25, -0.2) is 0 Å². The van der Waals surface area contributed by atoms with Gasteiger partial charge in [0.25, 0.3) is 0 Å². The molecule has 1 N–H and O–H groups in total. The van der Waals surface area contributed by atoms with E-state index in [0.29, 0.717) is 0 Å². The van der Waals surface area contributed by atoms with Gasteiger partial charge < -0.3 is 9.84 Å². The zero-order chi connectivity index (χ0) is 38.6. The summed E-state index contributed by atoms with van der Waals surface area (Å²) in [5.41, 5.74) is 11.4. The van der Waals surface area contributed by atoms with Gasteiger partial charge in [-0.2, -0.15) is 13.2 Å². The SMILES string of the molecule is C1=CCC2=CC=CC2=C1.C1=CCC2=CC=CC2=C1.C1=CCC2=CC=CC2=C1.C1=CCC2=CC=CC2=C1.CC.CCC(C)C(F)(F)F.CCOC.CO. The Kier molecular flexibility index (Phi) is 23.9. The lowest BCUT2D eigenvalue weighted by Gasteiger charge is -2.11. The third kappa shape index (κ3) is 17.2. The van der Waals surface area contributed by atoms with Crippen molar-refractivity contribution < 1.29 is 23.0 Å². The monoisotopic (exact) mass is 712 g/mol. The van der Waals surface area contributed by atoms with Gasteiger partial charge in [0.05, 0.1) is 5.92 Å². The number of hydrogen-bond acceptors (Lipinski definition) is 2. The van der Waals surface area contributed by atoms with Crippen LogP contribution in [0.15, 0.2) is 190 Å². The van der Waals surface area contributed by atoms with Crippen molar-refractivity contribution in [1.29, 1.82) is 0 Å². The fourth-order valence-electron chi connectivity index (χ4n) is 4.98. The molecule has 280 valence electrons. The number of aliphatic hydroxyl groups excluding tert-OH is 1. The number of halogens is 3. The summed E-state index contributed by atoms with van der Waals surface area (Å²) < 4.78 is 38.9. The van der Waals surface area contributed by atoms with Gasteiger partial charge in [0, 0.05) is 20.8 Å². The number of methoxy groups -OCH3 is 1. The second kappa shape index (κ2) is 27.2. The lowest BCUT2D eigenvalue weighted by Crippen LogP contribution is -2.18. The van der Waals surface area contributed by atoms with Gasteiger partial charge in [0.2, 0.25) is 0 Å². The summed E-state index contributed by atoms with van der Waals surface area (Å²) in [6, 6.07) is 0. The first-order valence-corrected chi connectivity index (χ1v) is 18.2. The minimum absolute atomic E-state index is 0.170. The molecule has 0 radical (unpaired) electrons. The molecule has 0 amide bonds. The van der Waals surface area contributed by atoms with Crippen LogP contribution in [-0.4, -0.2) is 32.1 Å². The Bertz CT molecular complexity index is 1380. The minimum Gasteiger partial charge on any atom is -0.400 e. The fourth-order valence-corrected chi connectivity index (χ4v) is 4.98. The van der Waals surface area contributed by atoms with E-state index in [-0.39, 0.29) is 6.42 Å². The second-order valence-corrected chi connectivity index (χ2v) is 11.6. The highest BCUT2D eigenvalue weighted by Crippen LogP contribution is 2.28. The molecular weight excluding hydrogens is 654 g/mol. The molecule has 0 saturated heterocycles. The van der Waals surface area contributed by atoms with Crippen LogP contribution in [0.4, 0.5) is 13.2 Å². The van der Waals surface area contributed by atoms with Gasteiger partial charge in [0.15, 0.2) is 0 Å². The maximum Gasteiger partial charge on any atom is 0.391 e. The fraction of sp³-hybridized carbons (Fsp3) is 0.319. The van der Waals surface area contributed by atoms with E-state index in [1.54, 1.807) is 7.11 Å². The van der Waals surface area contributed by atoms with Crippen molar-refractivity contribution in [3.63, 3.8) is 0 Å². The number of ether oxygens (including phenoxy) is 1. The number of rotatable bonds is 2. The molecule has 8 aliphatic carbocycles. The van der Waals surface area contributed by atoms with Crippen LogP contribution in [0.1, 0.15) is 66.7 Å². The van der Waals surface area contributed by atoms with Gasteiger partial charge in [-0.15, -0.1) is 0 Å². The largest absolute Gasteiger partial charge is 0.400 e. The molecular formula is C47H59F3O2. The summed E-state index contributed by atoms with van der Waals surface area (Å²) in [6.45, 7) is 9.48. The molecule has 0 saturated carbocycles. The number of allylic oxidation sites excluding steroid dienone is 32. The van der Waals surface area contributed by atoms with Crippen LogP contribution in [0, 0.1) is 5.92 Å². The quantitative estimate of drug-likeness (QED) is 0.309. The molecule has 0 aromatic rings. The topological polar surface area (TPSA) is 29.5 Å². The van der Waals surface area contributed by atoms with Gasteiger partial charge in [-0.1, -0.05) is 174 Å². The van der Waals surface area contributed by atoms with Crippen LogP contribution < -0.4 is 0 Å². The van der Waals surface area contributed by atoms with E-state index in [2.05, 4.69) is 151 Å². The van der Waals surface area contributed by atoms with Gasteiger partial charge >= 0.3 is 6.18 Å². The van der Waals surface area contributed by atoms with E-state index in [1.165, 1.54) is 58.4 Å². The van der Waals surface area contributed by atoms with Gasteiger partial charge in [0.1, 0.15) is 0 Å². The second-order valence-electron chi connectivity index (χ2n) is 11.6. The summed E-state index contributed by atoms with van der Waals surface area (Å²) in [5.74, 6) is -1.15. The van der Waals surface area contributed by atoms with Crippen molar-refractivity contribution in [3.8, 4) is 0 Å². The first-order valence-electron chi connectivity index (χ1n) is 18.2. The summed E-state index contributed by atoms with van der Waals surface area (Å²) in [4.78, 5) is 0. The van der Waals surface area contributed by atoms with E-state index < -0.39 is 12.1 Å². The molecule has 0 fully saturated rings. The molecule has 2 nitrogen and oxygen atoms in total. The smallest absolute Gasteiger partial charge is 0.391 e. The highest BCUT2D eigenvalue weighted by molar-refractivity contribution is 5.54. The van der Waals surface area contributed by atoms with Gasteiger partial charge in [-0.05, 0) is 83.6 Å². The van der Waals surface area contributed by atoms with Crippen molar-refractivity contribution in [2.24, 2.45) is 5.92 Å². The van der Waals surface area contributed by atoms with Crippen molar-refractivity contribution in [2.75, 3.05) is 20.8 Å². The molecule has 0 heterocycles. The first kappa shape index (κ1) is 45.6. The maximum atomic E-state index is 11.4. The number of aliphatic hydroxyl groups is 1. The zero-order valence-corrected chi connectivity index (χ0v) is 32.2. The van der Waals surface area contributed by atoms with E-state index in [1.807, 2.05) is 20.8 Å². The van der Waals surface area contributed by atoms with E-state index in [0.717, 1.165) is 39.4 Å². The molecule has 8 rings (SSSR count). The molecule has 0 aromatic heterocycles. The van der Waals surface area contributed by atoms with Crippen molar-refractivity contribution >= 4 is 0 Å². The van der Waals surface area contributed by atoms with Crippen LogP contribution >= 0.6 is 0 Å². The summed E-state index contributed by atoms with van der Waals surface area (Å²) >= 11 is 0. The van der Waals surface area contributed by atoms with E-state index >= 15 is 0 Å². The highest BCUT2D eigenvalue weighted by atomic mass is 19.4. The molecule has 52 heavy (non-hydrogen) atoms. The van der Waals surface area contributed by atoms with Crippen LogP contribution in [0.5, 0.6) is 0 Å². The average molecular weight is 713 g/mol. The minimum atomic E-state index is -3.99. The molecule has 8 aliphatic rings. The molecule has 0 spiro atoms. The third-order valence-corrected chi connectivity index (χ3v) is 8.23. The van der Waals surface area contributed by atoms with E-state index in [4.69, 9.17) is 5.11 Å². The van der Waals surface area contributed by atoms with Crippen molar-refractivity contribution in [3.05, 3.63) is 190 Å². The lowest BCUT2D eigenvalue weighted by atomic mass is 10.0. The molecule has 0 bridgehead atoms. The normalized spacial score (nSPS) is 18.1. The number of fused-ring (bicyclic) bond motifs is 4. The lowest BCUT2D eigenvalue weighted by molar-refractivity contribution is -0.170. The molecule has 0 aliphatic heterocycles. The summed E-state index contributed by atoms with van der Waals surface area (Å²) in [6.07, 6.45) is 52.1. The molecule has 0 aromatic carbocycles. The Morgan fingerprint density at radius 3 is 0.942 bits per heavy atom. The molecule has 1 atom stereocenters. The van der Waals surface area contributed by atoms with Crippen molar-refractivity contribution in [2.45, 2.75) is 72.9 Å². The van der Waals surface area contributed by atoms with Crippen LogP contribution in [0.2, 0.25) is 0 Å². The van der Waals surface area contributed by atoms with Crippen LogP contribution in [0.25, 0.3) is 0 Å². The Hall–Kier alpha value is -4.45. The number of alkyl halides is 3. The van der Waals surface area contributed by atoms with Crippen molar-refractivity contribution in [1.82, 2.24) is 0 Å². The predicted octanol–water partition coefficient (Wildman–Crippen LogP) is 13.4. The zero-order valence-electron chi connectivity index (χ0n) is 32.2. The maximum absolute atomic E-state index is 11.4. The number of hydrogen-bond donors (Lipinski definition) is 1. The van der Waals surface area contributed by atoms with Crippen LogP contribution in [-0.2, 0) is 4.74 Å². The average Bonchev–Trinajstić information content (AvgIpc) is 4.04. The Labute approximate surface area is 312 Å². The highest BCUT2D eigenvalue weighted by Gasteiger charge is 2.34. The van der Waals surface area contributed by atoms with Crippen LogP contribution in [0.3, 0.4) is 0 Å². The first-order chi connectivity index (χ1) is 25.3. The molecule has 5 heteroatoms. The Morgan fingerprint density at radius 1 is 0.538 bits per heavy atom. The standard InChI is InChI=1S/4C9H8.C5H9F3.C3H8O.C2H6.CH4O/c4*1-2-5-9-7-3-6-8(9)4-1;1-3-4(2)5(6,7)8;1-3-4-2;2*1-2/h4*1-4,6-7H,5H2;4H,3H2,1-2H3;3H2,1-2H3;1-2H3;2H,1H3.